The fourth-order valence-corrected chi connectivity index (χ4v) is 1.89. The zero-order valence-electron chi connectivity index (χ0n) is 12.6. The Labute approximate surface area is 136 Å². The van der Waals surface area contributed by atoms with Gasteiger partial charge in [-0.3, -0.25) is 14.9 Å². The number of nitro groups is 1. The molecule has 2 rings (SSSR count). The fourth-order valence-electron chi connectivity index (χ4n) is 1.89. The Kier molecular flexibility index (Phi) is 5.35. The Morgan fingerprint density at radius 3 is 2.67 bits per heavy atom. The van der Waals surface area contributed by atoms with E-state index in [0.29, 0.717) is 11.1 Å². The van der Waals surface area contributed by atoms with Crippen LogP contribution in [-0.2, 0) is 4.74 Å². The van der Waals surface area contributed by atoms with Crippen LogP contribution in [0.25, 0.3) is 0 Å². The average Bonchev–Trinajstić information content (AvgIpc) is 2.61. The lowest BCUT2D eigenvalue weighted by molar-refractivity contribution is -0.384. The molecule has 0 bridgehead atoms. The number of amides is 1. The molecule has 8 heteroatoms. The van der Waals surface area contributed by atoms with E-state index < -0.39 is 16.8 Å². The molecule has 2 aromatic rings. The summed E-state index contributed by atoms with van der Waals surface area (Å²) in [5, 5.41) is 14.5. The number of benzene rings is 2. The minimum atomic E-state index is -0.606. The van der Waals surface area contributed by atoms with Crippen LogP contribution in [0, 0.1) is 10.1 Å². The largest absolute Gasteiger partial charge is 0.465 e. The number of non-ortho nitro benzene ring substituents is 1. The highest BCUT2D eigenvalue weighted by molar-refractivity contribution is 6.00. The molecule has 24 heavy (non-hydrogen) atoms. The average molecular weight is 327 g/mol. The molecule has 0 aliphatic heterocycles. The molecule has 0 aliphatic carbocycles. The summed E-state index contributed by atoms with van der Waals surface area (Å²) in [7, 11) is 1.26. The minimum Gasteiger partial charge on any atom is -0.465 e. The second-order valence-electron chi connectivity index (χ2n) is 4.59. The van der Waals surface area contributed by atoms with Crippen molar-refractivity contribution < 1.29 is 19.2 Å². The first-order valence-corrected chi connectivity index (χ1v) is 6.78. The summed E-state index contributed by atoms with van der Waals surface area (Å²) in [6, 6.07) is 11.8. The van der Waals surface area contributed by atoms with Gasteiger partial charge < -0.3 is 4.74 Å². The highest BCUT2D eigenvalue weighted by atomic mass is 16.6. The van der Waals surface area contributed by atoms with Crippen molar-refractivity contribution in [2.45, 2.75) is 0 Å². The van der Waals surface area contributed by atoms with Crippen molar-refractivity contribution in [2.75, 3.05) is 7.11 Å². The molecule has 1 N–H and O–H groups in total. The lowest BCUT2D eigenvalue weighted by atomic mass is 10.1. The number of esters is 1. The van der Waals surface area contributed by atoms with E-state index >= 15 is 0 Å². The van der Waals surface area contributed by atoms with Gasteiger partial charge in [0.1, 0.15) is 0 Å². The molecule has 0 saturated heterocycles. The molecule has 0 aliphatic rings. The Bertz CT molecular complexity index is 817. The molecule has 0 atom stereocenters. The summed E-state index contributed by atoms with van der Waals surface area (Å²) < 4.78 is 4.66. The first-order valence-electron chi connectivity index (χ1n) is 6.78. The van der Waals surface area contributed by atoms with E-state index in [0.717, 1.165) is 6.07 Å². The van der Waals surface area contributed by atoms with Crippen molar-refractivity contribution >= 4 is 23.8 Å². The highest BCUT2D eigenvalue weighted by Crippen LogP contribution is 2.13. The van der Waals surface area contributed by atoms with E-state index in [4.69, 9.17) is 0 Å². The Hall–Kier alpha value is -3.55. The number of carbonyl (C=O) groups excluding carboxylic acids is 2. The number of carbonyl (C=O) groups is 2. The monoisotopic (exact) mass is 327 g/mol. The van der Waals surface area contributed by atoms with Gasteiger partial charge in [0.05, 0.1) is 23.8 Å². The number of hydrogen-bond donors (Lipinski definition) is 1. The van der Waals surface area contributed by atoms with E-state index in [1.165, 1.54) is 31.5 Å². The smallest absolute Gasteiger partial charge is 0.338 e. The maximum Gasteiger partial charge on any atom is 0.338 e. The SMILES string of the molecule is COC(=O)c1ccccc1/C=N\NC(=O)c1cccc([N+](=O)[O-])c1. The predicted molar refractivity (Wildman–Crippen MR) is 85.9 cm³/mol. The number of nitro benzene ring substituents is 1. The normalized spacial score (nSPS) is 10.4. The summed E-state index contributed by atoms with van der Waals surface area (Å²) in [6.07, 6.45) is 1.29. The van der Waals surface area contributed by atoms with Gasteiger partial charge in [-0.1, -0.05) is 24.3 Å². The summed E-state index contributed by atoms with van der Waals surface area (Å²) in [4.78, 5) is 33.7. The zero-order valence-corrected chi connectivity index (χ0v) is 12.6. The van der Waals surface area contributed by atoms with E-state index in [2.05, 4.69) is 15.3 Å². The molecule has 0 heterocycles. The molecule has 0 aromatic heterocycles. The van der Waals surface area contributed by atoms with Crippen LogP contribution in [0.15, 0.2) is 53.6 Å². The van der Waals surface area contributed by atoms with Crippen LogP contribution >= 0.6 is 0 Å². The van der Waals surface area contributed by atoms with E-state index in [1.54, 1.807) is 24.3 Å². The number of hydrogen-bond acceptors (Lipinski definition) is 6. The third-order valence-corrected chi connectivity index (χ3v) is 3.05. The highest BCUT2D eigenvalue weighted by Gasteiger charge is 2.11. The maximum atomic E-state index is 11.9. The van der Waals surface area contributed by atoms with Crippen molar-refractivity contribution in [3.63, 3.8) is 0 Å². The fraction of sp³-hybridized carbons (Fsp3) is 0.0625. The first kappa shape index (κ1) is 16.8. The van der Waals surface area contributed by atoms with Crippen molar-refractivity contribution in [2.24, 2.45) is 5.10 Å². The third kappa shape index (κ3) is 4.01. The number of hydrazone groups is 1. The van der Waals surface area contributed by atoms with Crippen LogP contribution in [-0.4, -0.2) is 30.1 Å². The van der Waals surface area contributed by atoms with Gasteiger partial charge in [0.25, 0.3) is 11.6 Å². The molecular weight excluding hydrogens is 314 g/mol. The van der Waals surface area contributed by atoms with E-state index in [1.807, 2.05) is 0 Å². The first-order chi connectivity index (χ1) is 11.5. The van der Waals surface area contributed by atoms with Gasteiger partial charge in [-0.15, -0.1) is 0 Å². The van der Waals surface area contributed by atoms with Gasteiger partial charge in [0.15, 0.2) is 0 Å². The molecule has 8 nitrogen and oxygen atoms in total. The van der Waals surface area contributed by atoms with Gasteiger partial charge in [-0.05, 0) is 12.1 Å². The summed E-state index contributed by atoms with van der Waals surface area (Å²) >= 11 is 0. The molecule has 0 radical (unpaired) electrons. The van der Waals surface area contributed by atoms with Gasteiger partial charge in [0.2, 0.25) is 0 Å². The molecule has 0 unspecified atom stereocenters. The maximum absolute atomic E-state index is 11.9. The van der Waals surface area contributed by atoms with Crippen LogP contribution in [0.2, 0.25) is 0 Å². The van der Waals surface area contributed by atoms with Gasteiger partial charge in [0, 0.05) is 23.3 Å². The number of ether oxygens (including phenoxy) is 1. The Morgan fingerprint density at radius 2 is 1.96 bits per heavy atom. The van der Waals surface area contributed by atoms with Crippen LogP contribution in [0.3, 0.4) is 0 Å². The number of rotatable bonds is 5. The van der Waals surface area contributed by atoms with Crippen LogP contribution in [0.5, 0.6) is 0 Å². The number of nitrogens with zero attached hydrogens (tertiary/aromatic N) is 2. The summed E-state index contributed by atoms with van der Waals surface area (Å²) in [6.45, 7) is 0. The molecule has 122 valence electrons. The van der Waals surface area contributed by atoms with Gasteiger partial charge in [-0.2, -0.15) is 5.10 Å². The summed E-state index contributed by atoms with van der Waals surface area (Å²) in [5.41, 5.74) is 2.92. The molecule has 2 aromatic carbocycles. The van der Waals surface area contributed by atoms with E-state index in [9.17, 15) is 19.7 Å². The van der Waals surface area contributed by atoms with E-state index in [-0.39, 0.29) is 11.3 Å². The second kappa shape index (κ2) is 7.63. The predicted octanol–water partition coefficient (Wildman–Crippen LogP) is 2.15. The Balaban J connectivity index is 2.12. The van der Waals surface area contributed by atoms with Crippen LogP contribution < -0.4 is 5.43 Å². The topological polar surface area (TPSA) is 111 Å². The molecule has 1 amide bonds. The summed E-state index contributed by atoms with van der Waals surface area (Å²) in [5.74, 6) is -1.13. The van der Waals surface area contributed by atoms with Crippen molar-refractivity contribution in [3.05, 3.63) is 75.3 Å². The van der Waals surface area contributed by atoms with Gasteiger partial charge >= 0.3 is 5.97 Å². The molecule has 0 fully saturated rings. The molecular formula is C16H13N3O5. The van der Waals surface area contributed by atoms with Crippen molar-refractivity contribution in [1.82, 2.24) is 5.43 Å². The van der Waals surface area contributed by atoms with Crippen molar-refractivity contribution in [1.29, 1.82) is 0 Å². The molecule has 0 saturated carbocycles. The second-order valence-corrected chi connectivity index (χ2v) is 4.59. The van der Waals surface area contributed by atoms with Crippen LogP contribution in [0.1, 0.15) is 26.3 Å². The van der Waals surface area contributed by atoms with Gasteiger partial charge in [-0.25, -0.2) is 10.2 Å². The lowest BCUT2D eigenvalue weighted by Gasteiger charge is -2.03. The molecule has 0 spiro atoms. The number of methoxy groups -OCH3 is 1. The quantitative estimate of drug-likeness (QED) is 0.391. The zero-order chi connectivity index (χ0) is 17.5. The van der Waals surface area contributed by atoms with Crippen molar-refractivity contribution in [3.8, 4) is 0 Å². The van der Waals surface area contributed by atoms with Crippen LogP contribution in [0.4, 0.5) is 5.69 Å². The minimum absolute atomic E-state index is 0.0996. The lowest BCUT2D eigenvalue weighted by Crippen LogP contribution is -2.18. The standard InChI is InChI=1S/C16H13N3O5/c1-24-16(21)14-8-3-2-5-12(14)10-17-18-15(20)11-6-4-7-13(9-11)19(22)23/h2-10H,1H3,(H,18,20)/b17-10-. The third-order valence-electron chi connectivity index (χ3n) is 3.05. The number of nitrogens with one attached hydrogen (secondary N) is 1. The Morgan fingerprint density at radius 1 is 1.21 bits per heavy atom.